The van der Waals surface area contributed by atoms with Gasteiger partial charge < -0.3 is 10.5 Å². The second-order valence-corrected chi connectivity index (χ2v) is 5.03. The summed E-state index contributed by atoms with van der Waals surface area (Å²) >= 11 is 1.79. The number of halogens is 1. The van der Waals surface area contributed by atoms with Gasteiger partial charge >= 0.3 is 0 Å². The van der Waals surface area contributed by atoms with Gasteiger partial charge in [0.2, 0.25) is 0 Å². The zero-order chi connectivity index (χ0) is 11.5. The van der Waals surface area contributed by atoms with Crippen LogP contribution in [-0.2, 0) is 0 Å². The van der Waals surface area contributed by atoms with Gasteiger partial charge in [-0.25, -0.2) is 4.39 Å². The molecular weight excluding hydrogens is 225 g/mol. The molecule has 0 fully saturated rings. The van der Waals surface area contributed by atoms with Crippen molar-refractivity contribution in [3.63, 3.8) is 0 Å². The van der Waals surface area contributed by atoms with Crippen molar-refractivity contribution in [1.82, 2.24) is 0 Å². The van der Waals surface area contributed by atoms with Gasteiger partial charge in [-0.2, -0.15) is 11.8 Å². The number of thioether (sulfide) groups is 1. The van der Waals surface area contributed by atoms with Gasteiger partial charge in [-0.1, -0.05) is 6.07 Å². The number of rotatable bonds is 3. The molecule has 16 heavy (non-hydrogen) atoms. The molecule has 1 aliphatic rings. The second-order valence-electron chi connectivity index (χ2n) is 4.05. The fraction of sp³-hybridized carbons (Fsp3) is 0.500. The highest BCUT2D eigenvalue weighted by atomic mass is 32.2. The van der Waals surface area contributed by atoms with Gasteiger partial charge in [0.05, 0.1) is 0 Å². The van der Waals surface area contributed by atoms with Gasteiger partial charge in [0.1, 0.15) is 17.7 Å². The van der Waals surface area contributed by atoms with E-state index < -0.39 is 0 Å². The van der Waals surface area contributed by atoms with Crippen LogP contribution in [0, 0.1) is 5.82 Å². The Morgan fingerprint density at radius 2 is 2.38 bits per heavy atom. The molecule has 0 spiro atoms. The molecule has 1 aliphatic heterocycles. The van der Waals surface area contributed by atoms with E-state index in [9.17, 15) is 4.39 Å². The number of benzene rings is 1. The average molecular weight is 241 g/mol. The van der Waals surface area contributed by atoms with Crippen LogP contribution in [0.4, 0.5) is 4.39 Å². The first kappa shape index (κ1) is 11.7. The predicted octanol–water partition coefficient (Wildman–Crippen LogP) is 2.73. The molecule has 2 nitrogen and oxygen atoms in total. The largest absolute Gasteiger partial charge is 0.490 e. The Hall–Kier alpha value is -0.740. The standard InChI is InChI=1S/C12H16FNOS/c1-16-5-4-9-7-11(14)10-3-2-8(13)6-12(10)15-9/h2-3,6,9,11H,4-5,7,14H2,1H3/t9?,11-/m1/s1. The summed E-state index contributed by atoms with van der Waals surface area (Å²) in [5, 5.41) is 0. The van der Waals surface area contributed by atoms with E-state index in [1.54, 1.807) is 17.8 Å². The minimum Gasteiger partial charge on any atom is -0.490 e. The molecule has 2 atom stereocenters. The van der Waals surface area contributed by atoms with E-state index in [0.29, 0.717) is 5.75 Å². The lowest BCUT2D eigenvalue weighted by molar-refractivity contribution is 0.155. The van der Waals surface area contributed by atoms with E-state index in [-0.39, 0.29) is 18.0 Å². The Morgan fingerprint density at radius 3 is 3.12 bits per heavy atom. The van der Waals surface area contributed by atoms with Crippen LogP contribution in [0.1, 0.15) is 24.4 Å². The van der Waals surface area contributed by atoms with Gasteiger partial charge in [0.15, 0.2) is 0 Å². The molecule has 0 aromatic heterocycles. The summed E-state index contributed by atoms with van der Waals surface area (Å²) in [5.41, 5.74) is 6.97. The van der Waals surface area contributed by atoms with Gasteiger partial charge in [0.25, 0.3) is 0 Å². The summed E-state index contributed by atoms with van der Waals surface area (Å²) in [6.45, 7) is 0. The van der Waals surface area contributed by atoms with E-state index in [4.69, 9.17) is 10.5 Å². The van der Waals surface area contributed by atoms with Crippen molar-refractivity contribution in [1.29, 1.82) is 0 Å². The first-order chi connectivity index (χ1) is 7.70. The Bertz CT molecular complexity index is 372. The normalized spacial score (nSPS) is 23.7. The van der Waals surface area contributed by atoms with Crippen LogP contribution in [0.5, 0.6) is 5.75 Å². The maximum Gasteiger partial charge on any atom is 0.127 e. The monoisotopic (exact) mass is 241 g/mol. The van der Waals surface area contributed by atoms with Crippen molar-refractivity contribution >= 4 is 11.8 Å². The molecule has 2 rings (SSSR count). The van der Waals surface area contributed by atoms with Crippen molar-refractivity contribution in [2.45, 2.75) is 25.0 Å². The molecule has 0 radical (unpaired) electrons. The van der Waals surface area contributed by atoms with E-state index in [1.165, 1.54) is 12.1 Å². The minimum absolute atomic E-state index is 0.0313. The lowest BCUT2D eigenvalue weighted by atomic mass is 9.96. The number of nitrogens with two attached hydrogens (primary N) is 1. The highest BCUT2D eigenvalue weighted by molar-refractivity contribution is 7.98. The molecule has 4 heteroatoms. The zero-order valence-electron chi connectivity index (χ0n) is 9.28. The number of ether oxygens (including phenoxy) is 1. The van der Waals surface area contributed by atoms with Crippen LogP contribution in [0.25, 0.3) is 0 Å². The van der Waals surface area contributed by atoms with Gasteiger partial charge in [-0.3, -0.25) is 0 Å². The summed E-state index contributed by atoms with van der Waals surface area (Å²) in [6.07, 6.45) is 3.97. The van der Waals surface area contributed by atoms with Crippen molar-refractivity contribution in [2.75, 3.05) is 12.0 Å². The fourth-order valence-electron chi connectivity index (χ4n) is 1.98. The summed E-state index contributed by atoms with van der Waals surface area (Å²) in [6, 6.07) is 4.56. The van der Waals surface area contributed by atoms with Crippen LogP contribution in [0.15, 0.2) is 18.2 Å². The molecule has 0 saturated heterocycles. The van der Waals surface area contributed by atoms with Crippen molar-refractivity contribution < 1.29 is 9.13 Å². The quantitative estimate of drug-likeness (QED) is 0.883. The lowest BCUT2D eigenvalue weighted by Crippen LogP contribution is -2.30. The van der Waals surface area contributed by atoms with Crippen LogP contribution >= 0.6 is 11.8 Å². The van der Waals surface area contributed by atoms with E-state index in [1.807, 2.05) is 0 Å². The number of hydrogen-bond acceptors (Lipinski definition) is 3. The van der Waals surface area contributed by atoms with Gasteiger partial charge in [0, 0.05) is 24.1 Å². The Labute approximate surface area is 99.4 Å². The first-order valence-corrected chi connectivity index (χ1v) is 6.80. The van der Waals surface area contributed by atoms with Crippen molar-refractivity contribution in [3.05, 3.63) is 29.6 Å². The van der Waals surface area contributed by atoms with Crippen LogP contribution in [-0.4, -0.2) is 18.1 Å². The maximum atomic E-state index is 13.1. The van der Waals surface area contributed by atoms with E-state index in [2.05, 4.69) is 6.26 Å². The minimum atomic E-state index is -0.267. The molecule has 1 heterocycles. The molecular formula is C12H16FNOS. The first-order valence-electron chi connectivity index (χ1n) is 5.41. The topological polar surface area (TPSA) is 35.2 Å². The Kier molecular flexibility index (Phi) is 3.71. The molecule has 88 valence electrons. The van der Waals surface area contributed by atoms with E-state index in [0.717, 1.165) is 24.2 Å². The molecule has 1 unspecified atom stereocenters. The maximum absolute atomic E-state index is 13.1. The SMILES string of the molecule is CSCCC1C[C@@H](N)c2ccc(F)cc2O1. The molecule has 1 aromatic rings. The second kappa shape index (κ2) is 5.06. The molecule has 0 saturated carbocycles. The highest BCUT2D eigenvalue weighted by Crippen LogP contribution is 2.34. The Morgan fingerprint density at radius 1 is 1.56 bits per heavy atom. The third-order valence-electron chi connectivity index (χ3n) is 2.83. The molecule has 0 bridgehead atoms. The van der Waals surface area contributed by atoms with Crippen molar-refractivity contribution in [2.24, 2.45) is 5.73 Å². The van der Waals surface area contributed by atoms with Crippen molar-refractivity contribution in [3.8, 4) is 5.75 Å². The van der Waals surface area contributed by atoms with E-state index >= 15 is 0 Å². The fourth-order valence-corrected chi connectivity index (χ4v) is 2.48. The number of hydrogen-bond donors (Lipinski definition) is 1. The zero-order valence-corrected chi connectivity index (χ0v) is 10.1. The van der Waals surface area contributed by atoms with Gasteiger partial charge in [-0.15, -0.1) is 0 Å². The summed E-state index contributed by atoms with van der Waals surface area (Å²) in [5.74, 6) is 1.39. The summed E-state index contributed by atoms with van der Waals surface area (Å²) in [7, 11) is 0. The predicted molar refractivity (Wildman–Crippen MR) is 65.4 cm³/mol. The van der Waals surface area contributed by atoms with Crippen LogP contribution in [0.3, 0.4) is 0 Å². The Balaban J connectivity index is 2.14. The van der Waals surface area contributed by atoms with Crippen LogP contribution < -0.4 is 10.5 Å². The number of fused-ring (bicyclic) bond motifs is 1. The molecule has 1 aromatic carbocycles. The third-order valence-corrected chi connectivity index (χ3v) is 3.47. The van der Waals surface area contributed by atoms with Gasteiger partial charge in [-0.05, 0) is 24.5 Å². The third kappa shape index (κ3) is 2.50. The summed E-state index contributed by atoms with van der Waals surface area (Å²) < 4.78 is 18.8. The molecule has 2 N–H and O–H groups in total. The molecule has 0 amide bonds. The smallest absolute Gasteiger partial charge is 0.127 e. The lowest BCUT2D eigenvalue weighted by Gasteiger charge is -2.30. The van der Waals surface area contributed by atoms with Crippen LogP contribution in [0.2, 0.25) is 0 Å². The summed E-state index contributed by atoms with van der Waals surface area (Å²) in [4.78, 5) is 0. The highest BCUT2D eigenvalue weighted by Gasteiger charge is 2.25. The molecule has 0 aliphatic carbocycles. The average Bonchev–Trinajstić information content (AvgIpc) is 2.25.